The molecule has 1 aliphatic rings. The number of ether oxygens (including phenoxy) is 2. The number of likely N-dealkylation sites (N-methyl/N-ethyl adjacent to an activating group) is 1. The molecular weight excluding hydrogens is 402 g/mol. The third kappa shape index (κ3) is 4.64. The maximum absolute atomic E-state index is 12.2. The van der Waals surface area contributed by atoms with Gasteiger partial charge in [0.05, 0.1) is 11.5 Å². The molecule has 7 heteroatoms. The first kappa shape index (κ1) is 19.7. The summed E-state index contributed by atoms with van der Waals surface area (Å²) < 4.78 is 12.2. The zero-order valence-electron chi connectivity index (χ0n) is 14.9. The lowest BCUT2D eigenvalue weighted by Gasteiger charge is -2.13. The van der Waals surface area contributed by atoms with Gasteiger partial charge in [0.2, 0.25) is 0 Å². The monoisotopic (exact) mass is 419 g/mol. The smallest absolute Gasteiger partial charge is 0.265 e. The Morgan fingerprint density at radius 2 is 1.96 bits per heavy atom. The first-order chi connectivity index (χ1) is 13.0. The van der Waals surface area contributed by atoms with Crippen LogP contribution in [0.5, 0.6) is 11.5 Å². The van der Waals surface area contributed by atoms with Gasteiger partial charge in [-0.15, -0.1) is 0 Å². The number of thioether (sulfide) groups is 1. The van der Waals surface area contributed by atoms with Gasteiger partial charge in [-0.3, -0.25) is 9.69 Å². The quantitative estimate of drug-likeness (QED) is 0.478. The van der Waals surface area contributed by atoms with Crippen LogP contribution >= 0.6 is 35.6 Å². The number of halogens is 1. The summed E-state index contributed by atoms with van der Waals surface area (Å²) in [5.74, 6) is 1.14. The second kappa shape index (κ2) is 8.78. The van der Waals surface area contributed by atoms with Crippen LogP contribution < -0.4 is 9.47 Å². The van der Waals surface area contributed by atoms with Crippen molar-refractivity contribution in [3.8, 4) is 11.5 Å². The molecule has 1 amide bonds. The molecule has 0 aromatic heterocycles. The van der Waals surface area contributed by atoms with Gasteiger partial charge in [-0.05, 0) is 36.8 Å². The predicted octanol–water partition coefficient (Wildman–Crippen LogP) is 5.15. The highest BCUT2D eigenvalue weighted by atomic mass is 35.5. The second-order valence-electron chi connectivity index (χ2n) is 5.76. The number of carbonyl (C=O) groups is 1. The summed E-state index contributed by atoms with van der Waals surface area (Å²) in [6.07, 6.45) is 1.81. The molecule has 0 bridgehead atoms. The summed E-state index contributed by atoms with van der Waals surface area (Å²) in [6.45, 7) is 2.75. The Balaban J connectivity index is 1.81. The summed E-state index contributed by atoms with van der Waals surface area (Å²) in [4.78, 5) is 14.2. The third-order valence-electron chi connectivity index (χ3n) is 3.89. The van der Waals surface area contributed by atoms with Crippen molar-refractivity contribution in [2.24, 2.45) is 0 Å². The van der Waals surface area contributed by atoms with Crippen molar-refractivity contribution in [1.29, 1.82) is 0 Å². The highest BCUT2D eigenvalue weighted by molar-refractivity contribution is 8.26. The Morgan fingerprint density at radius 3 is 2.63 bits per heavy atom. The lowest BCUT2D eigenvalue weighted by Crippen LogP contribution is -2.22. The number of hydrogen-bond donors (Lipinski definition) is 0. The molecule has 0 aliphatic carbocycles. The fourth-order valence-electron chi connectivity index (χ4n) is 2.47. The zero-order valence-corrected chi connectivity index (χ0v) is 17.3. The highest BCUT2D eigenvalue weighted by Crippen LogP contribution is 2.34. The number of rotatable bonds is 6. The van der Waals surface area contributed by atoms with E-state index in [1.807, 2.05) is 55.5 Å². The summed E-state index contributed by atoms with van der Waals surface area (Å²) in [5, 5.41) is 0.661. The first-order valence-electron chi connectivity index (χ1n) is 8.34. The molecule has 0 radical (unpaired) electrons. The van der Waals surface area contributed by atoms with Crippen LogP contribution in [0.25, 0.3) is 6.08 Å². The maximum Gasteiger partial charge on any atom is 0.265 e. The van der Waals surface area contributed by atoms with Crippen molar-refractivity contribution >= 4 is 51.9 Å². The molecule has 2 aromatic carbocycles. The molecule has 1 heterocycles. The maximum atomic E-state index is 12.2. The number of amides is 1. The molecule has 2 aromatic rings. The molecule has 0 spiro atoms. The van der Waals surface area contributed by atoms with E-state index in [1.165, 1.54) is 16.7 Å². The molecule has 0 unspecified atom stereocenters. The molecule has 1 saturated heterocycles. The Morgan fingerprint density at radius 1 is 1.19 bits per heavy atom. The van der Waals surface area contributed by atoms with Gasteiger partial charge in [-0.25, -0.2) is 0 Å². The van der Waals surface area contributed by atoms with E-state index >= 15 is 0 Å². The molecule has 0 saturated carbocycles. The van der Waals surface area contributed by atoms with E-state index in [0.717, 1.165) is 11.1 Å². The Hall–Kier alpha value is -2.02. The minimum absolute atomic E-state index is 0.0954. The van der Waals surface area contributed by atoms with Gasteiger partial charge < -0.3 is 9.47 Å². The fourth-order valence-corrected chi connectivity index (χ4v) is 3.84. The zero-order chi connectivity index (χ0) is 19.4. The van der Waals surface area contributed by atoms with Crippen molar-refractivity contribution in [2.75, 3.05) is 13.7 Å². The average Bonchev–Trinajstić information content (AvgIpc) is 2.89. The second-order valence-corrected chi connectivity index (χ2v) is 7.84. The Kier molecular flexibility index (Phi) is 6.42. The molecule has 1 aliphatic heterocycles. The standard InChI is InChI=1S/C20H18ClNO3S2/c1-3-24-17-10-13(11-18-19(23)22(2)20(26)27-18)8-9-16(17)25-12-14-6-4-5-7-15(14)21/h4-11H,3,12H2,1-2H3. The van der Waals surface area contributed by atoms with Crippen LogP contribution in [0, 0.1) is 0 Å². The van der Waals surface area contributed by atoms with E-state index in [0.29, 0.717) is 39.0 Å². The number of nitrogens with zero attached hydrogens (tertiary/aromatic N) is 1. The van der Waals surface area contributed by atoms with E-state index in [2.05, 4.69) is 0 Å². The van der Waals surface area contributed by atoms with E-state index in [9.17, 15) is 4.79 Å². The van der Waals surface area contributed by atoms with Gasteiger partial charge in [-0.1, -0.05) is 59.8 Å². The van der Waals surface area contributed by atoms with Gasteiger partial charge in [0, 0.05) is 17.6 Å². The molecule has 4 nitrogen and oxygen atoms in total. The van der Waals surface area contributed by atoms with Gasteiger partial charge in [0.25, 0.3) is 5.91 Å². The molecule has 1 fully saturated rings. The van der Waals surface area contributed by atoms with Gasteiger partial charge in [-0.2, -0.15) is 0 Å². The van der Waals surface area contributed by atoms with Crippen molar-refractivity contribution in [3.63, 3.8) is 0 Å². The number of thiocarbonyl (C=S) groups is 1. The molecular formula is C20H18ClNO3S2. The molecule has 140 valence electrons. The van der Waals surface area contributed by atoms with Crippen LogP contribution in [0.1, 0.15) is 18.1 Å². The van der Waals surface area contributed by atoms with Gasteiger partial charge in [0.15, 0.2) is 11.5 Å². The van der Waals surface area contributed by atoms with Crippen LogP contribution in [0.4, 0.5) is 0 Å². The van der Waals surface area contributed by atoms with Crippen LogP contribution in [0.2, 0.25) is 5.02 Å². The van der Waals surface area contributed by atoms with Crippen molar-refractivity contribution < 1.29 is 14.3 Å². The summed E-state index contributed by atoms with van der Waals surface area (Å²) in [7, 11) is 1.68. The minimum Gasteiger partial charge on any atom is -0.490 e. The van der Waals surface area contributed by atoms with Crippen LogP contribution in [-0.2, 0) is 11.4 Å². The predicted molar refractivity (Wildman–Crippen MR) is 114 cm³/mol. The van der Waals surface area contributed by atoms with Crippen molar-refractivity contribution in [3.05, 3.63) is 63.5 Å². The topological polar surface area (TPSA) is 38.8 Å². The van der Waals surface area contributed by atoms with E-state index in [1.54, 1.807) is 7.05 Å². The van der Waals surface area contributed by atoms with Crippen molar-refractivity contribution in [1.82, 2.24) is 4.90 Å². The largest absolute Gasteiger partial charge is 0.490 e. The van der Waals surface area contributed by atoms with Crippen molar-refractivity contribution in [2.45, 2.75) is 13.5 Å². The highest BCUT2D eigenvalue weighted by Gasteiger charge is 2.28. The van der Waals surface area contributed by atoms with Crippen LogP contribution in [0.3, 0.4) is 0 Å². The summed E-state index contributed by atoms with van der Waals surface area (Å²) in [5.41, 5.74) is 1.75. The van der Waals surface area contributed by atoms with E-state index < -0.39 is 0 Å². The Labute approximate surface area is 173 Å². The fraction of sp³-hybridized carbons (Fsp3) is 0.200. The van der Waals surface area contributed by atoms with E-state index in [4.69, 9.17) is 33.3 Å². The number of benzene rings is 2. The Bertz CT molecular complexity index is 914. The molecule has 3 rings (SSSR count). The number of carbonyl (C=O) groups excluding carboxylic acids is 1. The van der Waals surface area contributed by atoms with Gasteiger partial charge in [0.1, 0.15) is 10.9 Å². The van der Waals surface area contributed by atoms with Crippen LogP contribution in [0.15, 0.2) is 47.4 Å². The summed E-state index contributed by atoms with van der Waals surface area (Å²) >= 11 is 12.6. The summed E-state index contributed by atoms with van der Waals surface area (Å²) in [6, 6.07) is 13.1. The molecule has 0 N–H and O–H groups in total. The average molecular weight is 420 g/mol. The van der Waals surface area contributed by atoms with E-state index in [-0.39, 0.29) is 5.91 Å². The molecule has 0 atom stereocenters. The molecule has 27 heavy (non-hydrogen) atoms. The third-order valence-corrected chi connectivity index (χ3v) is 5.75. The first-order valence-corrected chi connectivity index (χ1v) is 9.94. The normalized spacial score (nSPS) is 15.5. The van der Waals surface area contributed by atoms with Crippen LogP contribution in [-0.4, -0.2) is 28.8 Å². The van der Waals surface area contributed by atoms with Gasteiger partial charge >= 0.3 is 0 Å². The number of hydrogen-bond acceptors (Lipinski definition) is 5. The SMILES string of the molecule is CCOc1cc(C=C2SC(=S)N(C)C2=O)ccc1OCc1ccccc1Cl. The lowest BCUT2D eigenvalue weighted by molar-refractivity contribution is -0.121. The minimum atomic E-state index is -0.0954. The lowest BCUT2D eigenvalue weighted by atomic mass is 10.1.